The van der Waals surface area contributed by atoms with E-state index in [1.165, 1.54) is 30.6 Å². The molecule has 5 nitrogen and oxygen atoms in total. The summed E-state index contributed by atoms with van der Waals surface area (Å²) in [4.78, 5) is 26.8. The van der Waals surface area contributed by atoms with Crippen molar-refractivity contribution in [1.82, 2.24) is 4.57 Å². The molecule has 9 heteroatoms. The number of nitrogens with zero attached hydrogens (tertiary/aromatic N) is 1. The van der Waals surface area contributed by atoms with Crippen molar-refractivity contribution in [3.8, 4) is 0 Å². The maximum Gasteiger partial charge on any atom is 0.308 e. The van der Waals surface area contributed by atoms with Gasteiger partial charge in [-0.25, -0.2) is 0 Å². The normalized spacial score (nSPS) is 27.9. The van der Waals surface area contributed by atoms with Crippen LogP contribution in [-0.4, -0.2) is 15.7 Å². The van der Waals surface area contributed by atoms with Gasteiger partial charge >= 0.3 is 4.87 Å². The molecule has 2 aromatic heterocycles. The van der Waals surface area contributed by atoms with E-state index in [1.54, 1.807) is 40.8 Å². The number of furan rings is 1. The van der Waals surface area contributed by atoms with E-state index in [0.717, 1.165) is 15.7 Å². The average Bonchev–Trinajstić information content (AvgIpc) is 3.55. The zero-order chi connectivity index (χ0) is 22.0. The number of thioether (sulfide) groups is 1. The van der Waals surface area contributed by atoms with Gasteiger partial charge in [-0.05, 0) is 67.3 Å². The van der Waals surface area contributed by atoms with Crippen LogP contribution < -0.4 is 10.2 Å². The van der Waals surface area contributed by atoms with Crippen LogP contribution in [0, 0.1) is 17.8 Å². The molecule has 6 rings (SSSR count). The molecular weight excluding hydrogens is 487 g/mol. The Kier molecular flexibility index (Phi) is 5.21. The molecule has 0 saturated heterocycles. The first kappa shape index (κ1) is 20.9. The molecule has 2 aliphatic carbocycles. The number of fused-ring (bicyclic) bond motifs is 6. The van der Waals surface area contributed by atoms with Crippen LogP contribution >= 0.6 is 46.3 Å². The number of amides is 1. The Labute approximate surface area is 203 Å². The van der Waals surface area contributed by atoms with E-state index in [0.29, 0.717) is 38.7 Å². The van der Waals surface area contributed by atoms with Crippen LogP contribution in [0.15, 0.2) is 50.8 Å². The van der Waals surface area contributed by atoms with Crippen LogP contribution in [0.25, 0.3) is 0 Å². The van der Waals surface area contributed by atoms with Gasteiger partial charge in [0.15, 0.2) is 0 Å². The number of rotatable bonds is 4. The summed E-state index contributed by atoms with van der Waals surface area (Å²) < 4.78 is 7.49. The SMILES string of the molecule is O=C(Cn1c2c(sc1=O)[C@@H](c1ccco1)C1C3CCC(C3)C1S2)Nc1ccc(Cl)c(Cl)c1. The summed E-state index contributed by atoms with van der Waals surface area (Å²) in [7, 11) is 0. The maximum atomic E-state index is 13.0. The van der Waals surface area contributed by atoms with Crippen molar-refractivity contribution in [3.05, 3.63) is 66.9 Å². The summed E-state index contributed by atoms with van der Waals surface area (Å²) in [6.07, 6.45) is 5.49. The van der Waals surface area contributed by atoms with Crippen molar-refractivity contribution >= 4 is 57.9 Å². The molecule has 0 radical (unpaired) electrons. The van der Waals surface area contributed by atoms with Crippen molar-refractivity contribution in [1.29, 1.82) is 0 Å². The lowest BCUT2D eigenvalue weighted by Crippen LogP contribution is -2.34. The molecule has 2 bridgehead atoms. The minimum absolute atomic E-state index is 0.0335. The zero-order valence-corrected chi connectivity index (χ0v) is 20.1. The Morgan fingerprint density at radius 3 is 2.81 bits per heavy atom. The Morgan fingerprint density at radius 2 is 2.03 bits per heavy atom. The quantitative estimate of drug-likeness (QED) is 0.464. The molecule has 1 amide bonds. The highest BCUT2D eigenvalue weighted by atomic mass is 35.5. The van der Waals surface area contributed by atoms with Crippen molar-refractivity contribution < 1.29 is 9.21 Å². The molecule has 3 aliphatic rings. The van der Waals surface area contributed by atoms with Gasteiger partial charge in [-0.15, -0.1) is 11.8 Å². The number of aromatic nitrogens is 1. The first-order chi connectivity index (χ1) is 15.5. The third-order valence-corrected chi connectivity index (χ3v) is 10.6. The van der Waals surface area contributed by atoms with Crippen LogP contribution in [0.3, 0.4) is 0 Å². The predicted octanol–water partition coefficient (Wildman–Crippen LogP) is 6.10. The van der Waals surface area contributed by atoms with Crippen molar-refractivity contribution in [2.24, 2.45) is 17.8 Å². The van der Waals surface area contributed by atoms with Crippen LogP contribution in [0.5, 0.6) is 0 Å². The fraction of sp³-hybridized carbons (Fsp3) is 0.391. The lowest BCUT2D eigenvalue weighted by molar-refractivity contribution is -0.116. The summed E-state index contributed by atoms with van der Waals surface area (Å²) in [5.41, 5.74) is 0.552. The fourth-order valence-electron chi connectivity index (χ4n) is 5.79. The summed E-state index contributed by atoms with van der Waals surface area (Å²) in [6, 6.07) is 8.88. The number of hydrogen-bond donors (Lipinski definition) is 1. The fourth-order valence-corrected chi connectivity index (χ4v) is 9.22. The van der Waals surface area contributed by atoms with E-state index < -0.39 is 0 Å². The van der Waals surface area contributed by atoms with Gasteiger partial charge in [0.05, 0.1) is 32.1 Å². The molecular formula is C23H20Cl2N2O3S2. The van der Waals surface area contributed by atoms with Crippen LogP contribution in [0.1, 0.15) is 35.8 Å². The third-order valence-electron chi connectivity index (χ3n) is 7.05. The largest absolute Gasteiger partial charge is 0.469 e. The van der Waals surface area contributed by atoms with Gasteiger partial charge in [0, 0.05) is 10.9 Å². The smallest absolute Gasteiger partial charge is 0.308 e. The lowest BCUT2D eigenvalue weighted by atomic mass is 9.77. The highest BCUT2D eigenvalue weighted by molar-refractivity contribution is 8.00. The molecule has 166 valence electrons. The molecule has 1 aliphatic heterocycles. The van der Waals surface area contributed by atoms with Crippen LogP contribution in [0.2, 0.25) is 10.0 Å². The predicted molar refractivity (Wildman–Crippen MR) is 128 cm³/mol. The Hall–Kier alpha value is -1.67. The van der Waals surface area contributed by atoms with E-state index in [2.05, 4.69) is 5.32 Å². The third kappa shape index (κ3) is 3.36. The molecule has 32 heavy (non-hydrogen) atoms. The van der Waals surface area contributed by atoms with E-state index >= 15 is 0 Å². The van der Waals surface area contributed by atoms with E-state index in [9.17, 15) is 9.59 Å². The zero-order valence-electron chi connectivity index (χ0n) is 16.9. The Morgan fingerprint density at radius 1 is 1.19 bits per heavy atom. The molecule has 1 N–H and O–H groups in total. The van der Waals surface area contributed by atoms with Gasteiger partial charge in [-0.2, -0.15) is 0 Å². The summed E-state index contributed by atoms with van der Waals surface area (Å²) in [6.45, 7) is -0.0335. The monoisotopic (exact) mass is 506 g/mol. The molecule has 0 spiro atoms. The number of benzene rings is 1. The number of halogens is 2. The number of carbonyl (C=O) groups is 1. The highest BCUT2D eigenvalue weighted by Gasteiger charge is 2.55. The topological polar surface area (TPSA) is 64.2 Å². The number of hydrogen-bond acceptors (Lipinski definition) is 5. The second-order valence-corrected chi connectivity index (χ2v) is 11.8. The van der Waals surface area contributed by atoms with Gasteiger partial charge in [-0.3, -0.25) is 14.2 Å². The number of thiazole rings is 1. The number of anilines is 1. The molecule has 5 atom stereocenters. The maximum absolute atomic E-state index is 13.0. The van der Waals surface area contributed by atoms with Gasteiger partial charge < -0.3 is 9.73 Å². The summed E-state index contributed by atoms with van der Waals surface area (Å²) in [5.74, 6) is 2.62. The van der Waals surface area contributed by atoms with Gasteiger partial charge in [0.2, 0.25) is 5.91 Å². The number of carbonyl (C=O) groups excluding carboxylic acids is 1. The second-order valence-electron chi connectivity index (χ2n) is 8.79. The Bertz CT molecular complexity index is 1250. The van der Waals surface area contributed by atoms with Crippen molar-refractivity contribution in [3.63, 3.8) is 0 Å². The van der Waals surface area contributed by atoms with Crippen LogP contribution in [-0.2, 0) is 11.3 Å². The Balaban J connectivity index is 1.33. The van der Waals surface area contributed by atoms with E-state index in [1.807, 2.05) is 12.1 Å². The summed E-state index contributed by atoms with van der Waals surface area (Å²) >= 11 is 15.1. The van der Waals surface area contributed by atoms with Gasteiger partial charge in [-0.1, -0.05) is 34.5 Å². The van der Waals surface area contributed by atoms with Gasteiger partial charge in [0.1, 0.15) is 12.3 Å². The second kappa shape index (κ2) is 7.97. The standard InChI is InChI=1S/C23H20Cl2N2O3S2/c24-14-6-5-13(9-15(14)25)26-17(28)10-27-22-21(32-23(27)29)19(16-2-1-7-30-16)18-11-3-4-12(8-11)20(18)31-22/h1-2,5-7,9,11-12,18-20H,3-4,8,10H2,(H,26,28)/t11?,12?,18?,19-,20?/m0/s1. The minimum atomic E-state index is -0.267. The lowest BCUT2D eigenvalue weighted by Gasteiger charge is -2.39. The minimum Gasteiger partial charge on any atom is -0.469 e. The molecule has 3 aromatic rings. The highest BCUT2D eigenvalue weighted by Crippen LogP contribution is 2.64. The van der Waals surface area contributed by atoms with Gasteiger partial charge in [0.25, 0.3) is 0 Å². The van der Waals surface area contributed by atoms with E-state index in [4.69, 9.17) is 27.6 Å². The van der Waals surface area contributed by atoms with Crippen LogP contribution in [0.4, 0.5) is 5.69 Å². The van der Waals surface area contributed by atoms with Crippen molar-refractivity contribution in [2.75, 3.05) is 5.32 Å². The molecule has 2 fully saturated rings. The molecule has 2 saturated carbocycles. The molecule has 1 aromatic carbocycles. The first-order valence-corrected chi connectivity index (χ1v) is 13.1. The van der Waals surface area contributed by atoms with E-state index in [-0.39, 0.29) is 23.2 Å². The average molecular weight is 507 g/mol. The molecule has 4 unspecified atom stereocenters. The summed E-state index contributed by atoms with van der Waals surface area (Å²) in [5, 5.41) is 5.02. The molecule has 3 heterocycles. The first-order valence-electron chi connectivity index (χ1n) is 10.7. The number of nitrogens with one attached hydrogen (secondary N) is 1. The van der Waals surface area contributed by atoms with Crippen molar-refractivity contribution in [2.45, 2.75) is 42.0 Å².